The minimum Gasteiger partial charge on any atom is -0.394 e. The quantitative estimate of drug-likeness (QED) is 0.0309. The molecule has 5 N–H and O–H groups in total. The van der Waals surface area contributed by atoms with Crippen molar-refractivity contribution in [2.45, 2.75) is 314 Å². The Bertz CT molecular complexity index is 997. The summed E-state index contributed by atoms with van der Waals surface area (Å²) in [7, 11) is 0. The lowest BCUT2D eigenvalue weighted by Crippen LogP contribution is -2.53. The topological polar surface area (TPSA) is 110 Å². The third-order valence-electron chi connectivity index (χ3n) is 13.1. The number of hydrogen-bond donors (Lipinski definition) is 5. The lowest BCUT2D eigenvalue weighted by Gasteiger charge is -2.27. The first-order valence-electron chi connectivity index (χ1n) is 27.9. The van der Waals surface area contributed by atoms with Crippen molar-refractivity contribution >= 4 is 5.91 Å². The van der Waals surface area contributed by atoms with Gasteiger partial charge in [-0.05, 0) is 64.2 Å². The highest BCUT2D eigenvalue weighted by atomic mass is 16.3. The van der Waals surface area contributed by atoms with Gasteiger partial charge < -0.3 is 25.7 Å². The zero-order chi connectivity index (χ0) is 45.9. The van der Waals surface area contributed by atoms with E-state index in [0.717, 1.165) is 51.4 Å². The maximum Gasteiger partial charge on any atom is 0.249 e. The van der Waals surface area contributed by atoms with Gasteiger partial charge in [-0.25, -0.2) is 0 Å². The molecule has 4 atom stereocenters. The standard InChI is InChI=1S/C57H109NO5/c1-3-5-7-9-11-13-15-17-19-21-23-24-25-26-27-28-29-30-31-33-34-36-38-40-42-44-46-48-50-54(60)56(62)53(52-59)58-57(63)55(61)51-49-47-45-43-41-39-37-35-32-22-20-18-16-14-12-10-8-6-4-2/h29-30,34,36,42,44,53-56,59-62H,3-28,31-33,35,37-41,43,45-52H2,1-2H3,(H,58,63)/b30-29+,36-34+,44-42+. The van der Waals surface area contributed by atoms with Gasteiger partial charge in [0.1, 0.15) is 12.2 Å². The fraction of sp³-hybridized carbons (Fsp3) is 0.877. The number of rotatable bonds is 51. The second kappa shape index (κ2) is 51.5. The van der Waals surface area contributed by atoms with E-state index >= 15 is 0 Å². The van der Waals surface area contributed by atoms with E-state index in [4.69, 9.17) is 0 Å². The van der Waals surface area contributed by atoms with Crippen LogP contribution in [0.4, 0.5) is 0 Å². The Hall–Kier alpha value is -1.47. The van der Waals surface area contributed by atoms with Crippen LogP contribution in [0, 0.1) is 0 Å². The van der Waals surface area contributed by atoms with Crippen LogP contribution < -0.4 is 5.32 Å². The molecule has 0 bridgehead atoms. The van der Waals surface area contributed by atoms with Gasteiger partial charge in [-0.3, -0.25) is 4.79 Å². The number of carbonyl (C=O) groups excluding carboxylic acids is 1. The van der Waals surface area contributed by atoms with Gasteiger partial charge in [-0.1, -0.05) is 262 Å². The molecule has 0 saturated carbocycles. The molecule has 6 nitrogen and oxygen atoms in total. The minimum absolute atomic E-state index is 0.362. The van der Waals surface area contributed by atoms with Crippen molar-refractivity contribution in [3.63, 3.8) is 0 Å². The Morgan fingerprint density at radius 2 is 0.667 bits per heavy atom. The molecule has 372 valence electrons. The summed E-state index contributed by atoms with van der Waals surface area (Å²) in [5.41, 5.74) is 0. The molecule has 0 aromatic rings. The smallest absolute Gasteiger partial charge is 0.249 e. The molecule has 4 unspecified atom stereocenters. The normalized spacial score (nSPS) is 14.1. The molecule has 0 fully saturated rings. The van der Waals surface area contributed by atoms with Crippen molar-refractivity contribution in [1.82, 2.24) is 5.32 Å². The summed E-state index contributed by atoms with van der Waals surface area (Å²) in [6.07, 6.45) is 63.6. The SMILES string of the molecule is CCCCCCCCCCCCCCCCC/C=C/CC/C=C/CC/C=C/CCCC(O)C(O)C(CO)NC(=O)C(O)CCCCCCCCCCCCCCCCCCCCC. The summed E-state index contributed by atoms with van der Waals surface area (Å²) >= 11 is 0. The molecule has 0 saturated heterocycles. The van der Waals surface area contributed by atoms with Crippen molar-refractivity contribution in [2.24, 2.45) is 0 Å². The van der Waals surface area contributed by atoms with E-state index in [1.165, 1.54) is 205 Å². The highest BCUT2D eigenvalue weighted by Gasteiger charge is 2.28. The minimum atomic E-state index is -1.29. The van der Waals surface area contributed by atoms with Gasteiger partial charge >= 0.3 is 0 Å². The predicted octanol–water partition coefficient (Wildman–Crippen LogP) is 16.0. The predicted molar refractivity (Wildman–Crippen MR) is 274 cm³/mol. The molecule has 6 heteroatoms. The van der Waals surface area contributed by atoms with E-state index < -0.39 is 36.9 Å². The molecule has 1 amide bonds. The molecule has 63 heavy (non-hydrogen) atoms. The largest absolute Gasteiger partial charge is 0.394 e. The van der Waals surface area contributed by atoms with Crippen LogP contribution in [-0.4, -0.2) is 57.3 Å². The van der Waals surface area contributed by atoms with Gasteiger partial charge in [0, 0.05) is 0 Å². The van der Waals surface area contributed by atoms with Crippen molar-refractivity contribution in [2.75, 3.05) is 6.61 Å². The summed E-state index contributed by atoms with van der Waals surface area (Å²) in [6.45, 7) is 4.07. The van der Waals surface area contributed by atoms with E-state index in [9.17, 15) is 25.2 Å². The van der Waals surface area contributed by atoms with Gasteiger partial charge in [-0.15, -0.1) is 0 Å². The van der Waals surface area contributed by atoms with Crippen LogP contribution in [0.15, 0.2) is 36.5 Å². The second-order valence-corrected chi connectivity index (χ2v) is 19.3. The number of hydrogen-bond acceptors (Lipinski definition) is 5. The third kappa shape index (κ3) is 45.5. The van der Waals surface area contributed by atoms with E-state index in [-0.39, 0.29) is 0 Å². The summed E-state index contributed by atoms with van der Waals surface area (Å²) in [6, 6.07) is -1.01. The third-order valence-corrected chi connectivity index (χ3v) is 13.1. The highest BCUT2D eigenvalue weighted by Crippen LogP contribution is 2.17. The second-order valence-electron chi connectivity index (χ2n) is 19.3. The number of carbonyl (C=O) groups is 1. The number of unbranched alkanes of at least 4 members (excludes halogenated alkanes) is 36. The zero-order valence-corrected chi connectivity index (χ0v) is 42.1. The van der Waals surface area contributed by atoms with Crippen LogP contribution in [0.3, 0.4) is 0 Å². The maximum atomic E-state index is 12.6. The summed E-state index contributed by atoms with van der Waals surface area (Å²) in [4.78, 5) is 12.6. The van der Waals surface area contributed by atoms with Crippen molar-refractivity contribution in [1.29, 1.82) is 0 Å². The molecule has 0 aromatic carbocycles. The summed E-state index contributed by atoms with van der Waals surface area (Å²) in [5.74, 6) is -0.596. The Balaban J connectivity index is 3.70. The van der Waals surface area contributed by atoms with Crippen LogP contribution in [0.25, 0.3) is 0 Å². The Morgan fingerprint density at radius 3 is 1.00 bits per heavy atom. The molecular weight excluding hydrogens is 779 g/mol. The van der Waals surface area contributed by atoms with Crippen molar-refractivity contribution in [3.05, 3.63) is 36.5 Å². The Kier molecular flexibility index (Phi) is 50.3. The van der Waals surface area contributed by atoms with Gasteiger partial charge in [0.25, 0.3) is 0 Å². The van der Waals surface area contributed by atoms with Gasteiger partial charge in [0.15, 0.2) is 0 Å². The molecule has 0 radical (unpaired) electrons. The Morgan fingerprint density at radius 1 is 0.381 bits per heavy atom. The lowest BCUT2D eigenvalue weighted by molar-refractivity contribution is -0.132. The van der Waals surface area contributed by atoms with E-state index in [1.807, 2.05) is 0 Å². The summed E-state index contributed by atoms with van der Waals surface area (Å²) < 4.78 is 0. The average molecular weight is 889 g/mol. The first kappa shape index (κ1) is 61.5. The van der Waals surface area contributed by atoms with Gasteiger partial charge in [0.2, 0.25) is 5.91 Å². The van der Waals surface area contributed by atoms with Crippen molar-refractivity contribution < 1.29 is 25.2 Å². The molecule has 0 rings (SSSR count). The first-order chi connectivity index (χ1) is 31.0. The Labute approximate surface area is 392 Å². The number of nitrogens with one attached hydrogen (secondary N) is 1. The van der Waals surface area contributed by atoms with Crippen LogP contribution in [0.2, 0.25) is 0 Å². The number of aliphatic hydroxyl groups excluding tert-OH is 4. The molecule has 0 aliphatic rings. The lowest BCUT2D eigenvalue weighted by atomic mass is 10.00. The van der Waals surface area contributed by atoms with Crippen LogP contribution in [0.5, 0.6) is 0 Å². The molecule has 0 aliphatic heterocycles. The zero-order valence-electron chi connectivity index (χ0n) is 42.1. The average Bonchev–Trinajstić information content (AvgIpc) is 3.29. The van der Waals surface area contributed by atoms with Crippen molar-refractivity contribution in [3.8, 4) is 0 Å². The number of amides is 1. The van der Waals surface area contributed by atoms with Crippen LogP contribution in [-0.2, 0) is 4.79 Å². The van der Waals surface area contributed by atoms with Crippen LogP contribution in [0.1, 0.15) is 290 Å². The van der Waals surface area contributed by atoms with Crippen LogP contribution >= 0.6 is 0 Å². The molecule has 0 aromatic heterocycles. The fourth-order valence-electron chi connectivity index (χ4n) is 8.67. The van der Waals surface area contributed by atoms with Gasteiger partial charge in [0.05, 0.1) is 18.8 Å². The molecule has 0 aliphatic carbocycles. The first-order valence-corrected chi connectivity index (χ1v) is 27.9. The molecule has 0 spiro atoms. The number of aliphatic hydroxyl groups is 4. The maximum absolute atomic E-state index is 12.6. The number of allylic oxidation sites excluding steroid dienone is 6. The summed E-state index contributed by atoms with van der Waals surface area (Å²) in [5, 5.41) is 43.9. The monoisotopic (exact) mass is 888 g/mol. The van der Waals surface area contributed by atoms with E-state index in [1.54, 1.807) is 0 Å². The van der Waals surface area contributed by atoms with E-state index in [2.05, 4.69) is 55.6 Å². The van der Waals surface area contributed by atoms with Gasteiger partial charge in [-0.2, -0.15) is 0 Å². The molecular formula is C57H109NO5. The highest BCUT2D eigenvalue weighted by molar-refractivity contribution is 5.80. The fourth-order valence-corrected chi connectivity index (χ4v) is 8.67. The van der Waals surface area contributed by atoms with E-state index in [0.29, 0.717) is 19.3 Å². The molecule has 0 heterocycles.